The molecule has 0 aliphatic heterocycles. The van der Waals surface area contributed by atoms with Crippen molar-refractivity contribution in [2.24, 2.45) is 7.05 Å². The van der Waals surface area contributed by atoms with Crippen molar-refractivity contribution in [3.05, 3.63) is 53.4 Å². The highest BCUT2D eigenvalue weighted by Gasteiger charge is 2.14. The summed E-state index contributed by atoms with van der Waals surface area (Å²) in [7, 11) is 1.59. The van der Waals surface area contributed by atoms with Crippen LogP contribution in [-0.4, -0.2) is 15.6 Å². The molecular formula is C11H8F2N2O. The number of hydrogen-bond acceptors (Lipinski definition) is 2. The van der Waals surface area contributed by atoms with Gasteiger partial charge in [0.1, 0.15) is 17.3 Å². The van der Waals surface area contributed by atoms with E-state index in [9.17, 15) is 13.6 Å². The second kappa shape index (κ2) is 3.84. The third-order valence-corrected chi connectivity index (χ3v) is 2.18. The minimum Gasteiger partial charge on any atom is -0.287 e. The Bertz CT molecular complexity index is 528. The van der Waals surface area contributed by atoms with Crippen molar-refractivity contribution in [2.45, 2.75) is 0 Å². The van der Waals surface area contributed by atoms with Crippen LogP contribution in [0.2, 0.25) is 0 Å². The van der Waals surface area contributed by atoms with Crippen molar-refractivity contribution in [1.82, 2.24) is 9.78 Å². The Kier molecular flexibility index (Phi) is 2.52. The fraction of sp³-hybridized carbons (Fsp3) is 0.0909. The number of carbonyl (C=O) groups is 1. The van der Waals surface area contributed by atoms with Gasteiger partial charge in [0.05, 0.1) is 0 Å². The highest BCUT2D eigenvalue weighted by atomic mass is 19.1. The Hall–Kier alpha value is -2.04. The van der Waals surface area contributed by atoms with Crippen LogP contribution < -0.4 is 0 Å². The van der Waals surface area contributed by atoms with Gasteiger partial charge in [0, 0.05) is 24.9 Å². The van der Waals surface area contributed by atoms with Crippen LogP contribution in [0, 0.1) is 11.6 Å². The maximum absolute atomic E-state index is 12.9. The van der Waals surface area contributed by atoms with E-state index in [2.05, 4.69) is 5.10 Å². The summed E-state index contributed by atoms with van der Waals surface area (Å²) < 4.78 is 27.2. The molecule has 1 aromatic carbocycles. The van der Waals surface area contributed by atoms with Crippen LogP contribution in [0.25, 0.3) is 0 Å². The minimum atomic E-state index is -0.773. The van der Waals surface area contributed by atoms with Gasteiger partial charge in [-0.1, -0.05) is 0 Å². The molecule has 1 aromatic heterocycles. The fourth-order valence-electron chi connectivity index (χ4n) is 1.43. The van der Waals surface area contributed by atoms with Crippen molar-refractivity contribution in [3.8, 4) is 0 Å². The van der Waals surface area contributed by atoms with E-state index in [1.54, 1.807) is 7.05 Å². The van der Waals surface area contributed by atoms with Gasteiger partial charge in [-0.05, 0) is 18.2 Å². The van der Waals surface area contributed by atoms with E-state index < -0.39 is 17.4 Å². The zero-order valence-corrected chi connectivity index (χ0v) is 8.45. The van der Waals surface area contributed by atoms with Crippen molar-refractivity contribution in [1.29, 1.82) is 0 Å². The molecule has 0 saturated carbocycles. The summed E-state index contributed by atoms with van der Waals surface area (Å²) in [6.07, 6.45) is 1.45. The van der Waals surface area contributed by atoms with Crippen LogP contribution in [0.5, 0.6) is 0 Å². The lowest BCUT2D eigenvalue weighted by Gasteiger charge is -2.02. The van der Waals surface area contributed by atoms with Gasteiger partial charge in [-0.25, -0.2) is 8.78 Å². The second-order valence-electron chi connectivity index (χ2n) is 3.33. The summed E-state index contributed by atoms with van der Waals surface area (Å²) in [4.78, 5) is 11.8. The molecule has 0 atom stereocenters. The third-order valence-electron chi connectivity index (χ3n) is 2.18. The molecule has 1 heterocycles. The van der Waals surface area contributed by atoms with Crippen molar-refractivity contribution >= 4 is 5.78 Å². The van der Waals surface area contributed by atoms with E-state index in [1.807, 2.05) is 0 Å². The van der Waals surface area contributed by atoms with Crippen molar-refractivity contribution < 1.29 is 13.6 Å². The summed E-state index contributed by atoms with van der Waals surface area (Å²) in [5.41, 5.74) is 0.256. The highest BCUT2D eigenvalue weighted by Crippen LogP contribution is 2.12. The van der Waals surface area contributed by atoms with E-state index in [-0.39, 0.29) is 11.3 Å². The molecule has 0 saturated heterocycles. The molecule has 0 unspecified atom stereocenters. The Morgan fingerprint density at radius 3 is 2.38 bits per heavy atom. The normalized spacial score (nSPS) is 10.4. The second-order valence-corrected chi connectivity index (χ2v) is 3.33. The molecule has 3 nitrogen and oxygen atoms in total. The summed E-state index contributed by atoms with van der Waals surface area (Å²) in [5, 5.41) is 3.82. The van der Waals surface area contributed by atoms with Gasteiger partial charge in [0.2, 0.25) is 5.78 Å². The Morgan fingerprint density at radius 2 is 1.88 bits per heavy atom. The van der Waals surface area contributed by atoms with Crippen molar-refractivity contribution in [2.75, 3.05) is 0 Å². The van der Waals surface area contributed by atoms with E-state index in [0.717, 1.165) is 18.2 Å². The number of carbonyl (C=O) groups excluding carboxylic acids is 1. The summed E-state index contributed by atoms with van der Waals surface area (Å²) >= 11 is 0. The minimum absolute atomic E-state index is 0.0268. The van der Waals surface area contributed by atoms with Gasteiger partial charge in [-0.15, -0.1) is 0 Å². The van der Waals surface area contributed by atoms with Gasteiger partial charge in [-0.2, -0.15) is 5.10 Å². The first kappa shape index (κ1) is 10.5. The summed E-state index contributed by atoms with van der Waals surface area (Å²) in [6, 6.07) is 4.21. The van der Waals surface area contributed by atoms with Crippen LogP contribution in [-0.2, 0) is 7.05 Å². The van der Waals surface area contributed by atoms with E-state index >= 15 is 0 Å². The van der Waals surface area contributed by atoms with E-state index in [1.165, 1.54) is 16.9 Å². The van der Waals surface area contributed by atoms with Gasteiger partial charge >= 0.3 is 0 Å². The number of aryl methyl sites for hydroxylation is 1. The lowest BCUT2D eigenvalue weighted by atomic mass is 10.1. The quantitative estimate of drug-likeness (QED) is 0.728. The molecule has 5 heteroatoms. The monoisotopic (exact) mass is 222 g/mol. The summed E-state index contributed by atoms with van der Waals surface area (Å²) in [6.45, 7) is 0. The third kappa shape index (κ3) is 1.84. The zero-order chi connectivity index (χ0) is 11.7. The predicted molar refractivity (Wildman–Crippen MR) is 53.0 cm³/mol. The molecule has 82 valence electrons. The first-order valence-electron chi connectivity index (χ1n) is 4.57. The molecule has 0 aliphatic carbocycles. The number of halogens is 2. The number of nitrogens with zero attached hydrogens (tertiary/aromatic N) is 2. The molecule has 0 N–H and O–H groups in total. The lowest BCUT2D eigenvalue weighted by Crippen LogP contribution is -2.08. The van der Waals surface area contributed by atoms with Gasteiger partial charge < -0.3 is 0 Å². The fourth-order valence-corrected chi connectivity index (χ4v) is 1.43. The Balaban J connectivity index is 2.45. The molecule has 16 heavy (non-hydrogen) atoms. The SMILES string of the molecule is Cn1nccc1C(=O)c1cc(F)cc(F)c1. The molecule has 2 rings (SSSR count). The highest BCUT2D eigenvalue weighted by molar-refractivity contribution is 6.07. The van der Waals surface area contributed by atoms with Gasteiger partial charge in [-0.3, -0.25) is 9.48 Å². The van der Waals surface area contributed by atoms with Crippen LogP contribution in [0.3, 0.4) is 0 Å². The number of ketones is 1. The molecular weight excluding hydrogens is 214 g/mol. The predicted octanol–water partition coefficient (Wildman–Crippen LogP) is 1.93. The standard InChI is InChI=1S/C11H8F2N2O/c1-15-10(2-3-14-15)11(16)7-4-8(12)6-9(13)5-7/h2-6H,1H3. The molecule has 0 radical (unpaired) electrons. The maximum Gasteiger partial charge on any atom is 0.211 e. The van der Waals surface area contributed by atoms with Gasteiger partial charge in [0.15, 0.2) is 0 Å². The summed E-state index contributed by atoms with van der Waals surface area (Å²) in [5.74, 6) is -2.01. The number of rotatable bonds is 2. The van der Waals surface area contributed by atoms with Crippen LogP contribution in [0.4, 0.5) is 8.78 Å². The first-order chi connectivity index (χ1) is 7.58. The molecule has 0 bridgehead atoms. The van der Waals surface area contributed by atoms with Crippen LogP contribution in [0.15, 0.2) is 30.5 Å². The Labute approximate surface area is 90.3 Å². The smallest absolute Gasteiger partial charge is 0.211 e. The molecule has 2 aromatic rings. The number of hydrogen-bond donors (Lipinski definition) is 0. The molecule has 0 amide bonds. The molecule has 0 aliphatic rings. The van der Waals surface area contributed by atoms with Crippen molar-refractivity contribution in [3.63, 3.8) is 0 Å². The lowest BCUT2D eigenvalue weighted by molar-refractivity contribution is 0.102. The Morgan fingerprint density at radius 1 is 1.25 bits per heavy atom. The zero-order valence-electron chi connectivity index (χ0n) is 8.45. The van der Waals surface area contributed by atoms with E-state index in [4.69, 9.17) is 0 Å². The van der Waals surface area contributed by atoms with Crippen LogP contribution in [0.1, 0.15) is 16.1 Å². The first-order valence-corrected chi connectivity index (χ1v) is 4.57. The molecule has 0 spiro atoms. The topological polar surface area (TPSA) is 34.9 Å². The maximum atomic E-state index is 12.9. The van der Waals surface area contributed by atoms with Gasteiger partial charge in [0.25, 0.3) is 0 Å². The van der Waals surface area contributed by atoms with Crippen LogP contribution >= 0.6 is 0 Å². The molecule has 0 fully saturated rings. The largest absolute Gasteiger partial charge is 0.287 e. The number of aromatic nitrogens is 2. The average molecular weight is 222 g/mol. The number of benzene rings is 1. The van der Waals surface area contributed by atoms with E-state index in [0.29, 0.717) is 0 Å². The average Bonchev–Trinajstić information content (AvgIpc) is 2.62.